The Morgan fingerprint density at radius 2 is 1.31 bits per heavy atom. The van der Waals surface area contributed by atoms with E-state index in [0.29, 0.717) is 25.7 Å². The van der Waals surface area contributed by atoms with Crippen LogP contribution < -0.4 is 0 Å². The van der Waals surface area contributed by atoms with Crippen LogP contribution in [0.2, 0.25) is 0 Å². The molecule has 0 amide bonds. The van der Waals surface area contributed by atoms with E-state index in [1.54, 1.807) is 0 Å². The molecule has 0 saturated heterocycles. The summed E-state index contributed by atoms with van der Waals surface area (Å²) in [6.07, 6.45) is 14.6. The van der Waals surface area contributed by atoms with Gasteiger partial charge >= 0.3 is 11.9 Å². The van der Waals surface area contributed by atoms with Crippen LogP contribution >= 0.6 is 0 Å². The van der Waals surface area contributed by atoms with Crippen LogP contribution in [0.3, 0.4) is 0 Å². The highest BCUT2D eigenvalue weighted by molar-refractivity contribution is 5.87. The maximum Gasteiger partial charge on any atom is 0.311 e. The summed E-state index contributed by atoms with van der Waals surface area (Å²) in [5.41, 5.74) is -2.23. The minimum Gasteiger partial charge on any atom is -0.481 e. The van der Waals surface area contributed by atoms with Crippen LogP contribution in [0.15, 0.2) is 0 Å². The van der Waals surface area contributed by atoms with E-state index in [2.05, 4.69) is 13.8 Å². The van der Waals surface area contributed by atoms with Crippen molar-refractivity contribution in [2.45, 2.75) is 124 Å². The SMILES string of the molecule is CCC(C)C1(C(=O)O)CCCCC1(CCCCCCCCCCC(C)C)C(=O)O. The van der Waals surface area contributed by atoms with Gasteiger partial charge in [-0.15, -0.1) is 0 Å². The summed E-state index contributed by atoms with van der Waals surface area (Å²) in [4.78, 5) is 24.9. The van der Waals surface area contributed by atoms with Gasteiger partial charge in [0.1, 0.15) is 0 Å². The molecule has 29 heavy (non-hydrogen) atoms. The number of hydrogen-bond acceptors (Lipinski definition) is 2. The largest absolute Gasteiger partial charge is 0.481 e. The van der Waals surface area contributed by atoms with Crippen molar-refractivity contribution in [1.82, 2.24) is 0 Å². The molecule has 0 spiro atoms. The number of hydrogen-bond donors (Lipinski definition) is 2. The molecule has 0 aromatic carbocycles. The van der Waals surface area contributed by atoms with Gasteiger partial charge < -0.3 is 10.2 Å². The average Bonchev–Trinajstić information content (AvgIpc) is 2.68. The predicted octanol–water partition coefficient (Wildman–Crippen LogP) is 7.31. The molecule has 0 aromatic rings. The fraction of sp³-hybridized carbons (Fsp3) is 0.920. The Morgan fingerprint density at radius 1 is 0.793 bits per heavy atom. The van der Waals surface area contributed by atoms with Crippen LogP contribution in [0.4, 0.5) is 0 Å². The fourth-order valence-corrected chi connectivity index (χ4v) is 5.67. The lowest BCUT2D eigenvalue weighted by molar-refractivity contribution is -0.188. The fourth-order valence-electron chi connectivity index (χ4n) is 5.67. The van der Waals surface area contributed by atoms with Crippen LogP contribution in [0, 0.1) is 22.7 Å². The van der Waals surface area contributed by atoms with Crippen molar-refractivity contribution >= 4 is 11.9 Å². The normalized spacial score (nSPS) is 25.8. The molecule has 1 rings (SSSR count). The van der Waals surface area contributed by atoms with E-state index in [1.165, 1.54) is 38.5 Å². The molecule has 0 aromatic heterocycles. The minimum atomic E-state index is -1.12. The van der Waals surface area contributed by atoms with Crippen molar-refractivity contribution in [2.24, 2.45) is 22.7 Å². The Labute approximate surface area is 178 Å². The molecule has 1 saturated carbocycles. The van der Waals surface area contributed by atoms with Crippen molar-refractivity contribution in [3.8, 4) is 0 Å². The summed E-state index contributed by atoms with van der Waals surface area (Å²) < 4.78 is 0. The smallest absolute Gasteiger partial charge is 0.311 e. The monoisotopic (exact) mass is 410 g/mol. The van der Waals surface area contributed by atoms with E-state index in [4.69, 9.17) is 0 Å². The second-order valence-electron chi connectivity index (χ2n) is 9.94. The third-order valence-electron chi connectivity index (χ3n) is 7.66. The Morgan fingerprint density at radius 3 is 1.79 bits per heavy atom. The molecule has 1 aliphatic rings. The number of unbranched alkanes of at least 4 members (excludes halogenated alkanes) is 7. The number of carboxylic acids is 2. The van der Waals surface area contributed by atoms with Crippen LogP contribution in [0.5, 0.6) is 0 Å². The molecule has 0 bridgehead atoms. The standard InChI is InChI=1S/C25H46O4/c1-5-21(4)25(23(28)29)19-15-14-18-24(25,22(26)27)17-13-11-9-7-6-8-10-12-16-20(2)3/h20-21H,5-19H2,1-4H3,(H,26,27)(H,28,29). The summed E-state index contributed by atoms with van der Waals surface area (Å²) in [7, 11) is 0. The second kappa shape index (κ2) is 12.6. The molecule has 1 aliphatic carbocycles. The molecular formula is C25H46O4. The molecule has 4 heteroatoms. The van der Waals surface area contributed by atoms with Gasteiger partial charge in [-0.2, -0.15) is 0 Å². The highest BCUT2D eigenvalue weighted by atomic mass is 16.4. The van der Waals surface area contributed by atoms with Crippen molar-refractivity contribution < 1.29 is 19.8 Å². The zero-order valence-electron chi connectivity index (χ0n) is 19.5. The maximum absolute atomic E-state index is 12.5. The Bertz CT molecular complexity index is 501. The van der Waals surface area contributed by atoms with Gasteiger partial charge in [0.15, 0.2) is 0 Å². The lowest BCUT2D eigenvalue weighted by Gasteiger charge is -2.51. The van der Waals surface area contributed by atoms with Crippen LogP contribution in [0.1, 0.15) is 124 Å². The van der Waals surface area contributed by atoms with E-state index in [-0.39, 0.29) is 5.92 Å². The number of carboxylic acid groups (broad SMARTS) is 2. The van der Waals surface area contributed by atoms with Gasteiger partial charge in [-0.3, -0.25) is 9.59 Å². The molecular weight excluding hydrogens is 364 g/mol. The van der Waals surface area contributed by atoms with E-state index in [9.17, 15) is 19.8 Å². The first-order chi connectivity index (χ1) is 13.7. The molecule has 2 N–H and O–H groups in total. The third kappa shape index (κ3) is 6.46. The van der Waals surface area contributed by atoms with Crippen molar-refractivity contribution in [3.63, 3.8) is 0 Å². The number of aliphatic carboxylic acids is 2. The molecule has 3 unspecified atom stereocenters. The van der Waals surface area contributed by atoms with Crippen molar-refractivity contribution in [1.29, 1.82) is 0 Å². The first kappa shape index (κ1) is 26.0. The minimum absolute atomic E-state index is 0.123. The summed E-state index contributed by atoms with van der Waals surface area (Å²) in [5.74, 6) is -1.10. The summed E-state index contributed by atoms with van der Waals surface area (Å²) in [6.45, 7) is 8.47. The Hall–Kier alpha value is -1.06. The van der Waals surface area contributed by atoms with Crippen LogP contribution in [-0.2, 0) is 9.59 Å². The summed E-state index contributed by atoms with van der Waals surface area (Å²) >= 11 is 0. The summed E-state index contributed by atoms with van der Waals surface area (Å²) in [6, 6.07) is 0. The van der Waals surface area contributed by atoms with E-state index in [0.717, 1.165) is 38.0 Å². The molecule has 0 radical (unpaired) electrons. The lowest BCUT2D eigenvalue weighted by atomic mass is 9.49. The maximum atomic E-state index is 12.5. The van der Waals surface area contributed by atoms with Crippen LogP contribution in [-0.4, -0.2) is 22.2 Å². The molecule has 1 fully saturated rings. The van der Waals surface area contributed by atoms with Crippen LogP contribution in [0.25, 0.3) is 0 Å². The Kier molecular flexibility index (Phi) is 11.3. The molecule has 0 aliphatic heterocycles. The molecule has 3 atom stereocenters. The van der Waals surface area contributed by atoms with Gasteiger partial charge in [0, 0.05) is 0 Å². The quantitative estimate of drug-likeness (QED) is 0.278. The zero-order valence-corrected chi connectivity index (χ0v) is 19.5. The summed E-state index contributed by atoms with van der Waals surface area (Å²) in [5, 5.41) is 20.4. The van der Waals surface area contributed by atoms with E-state index in [1.807, 2.05) is 13.8 Å². The average molecular weight is 411 g/mol. The Balaban J connectivity index is 2.58. The van der Waals surface area contributed by atoms with Gasteiger partial charge in [0.05, 0.1) is 10.8 Å². The third-order valence-corrected chi connectivity index (χ3v) is 7.66. The first-order valence-electron chi connectivity index (χ1n) is 12.2. The predicted molar refractivity (Wildman–Crippen MR) is 119 cm³/mol. The van der Waals surface area contributed by atoms with Gasteiger partial charge in [0.2, 0.25) is 0 Å². The highest BCUT2D eigenvalue weighted by Gasteiger charge is 2.63. The molecule has 170 valence electrons. The molecule has 0 heterocycles. The number of carbonyl (C=O) groups is 2. The lowest BCUT2D eigenvalue weighted by Crippen LogP contribution is -2.57. The van der Waals surface area contributed by atoms with Gasteiger partial charge in [-0.1, -0.05) is 105 Å². The van der Waals surface area contributed by atoms with E-state index >= 15 is 0 Å². The highest BCUT2D eigenvalue weighted by Crippen LogP contribution is 2.58. The topological polar surface area (TPSA) is 74.6 Å². The second-order valence-corrected chi connectivity index (χ2v) is 9.94. The zero-order chi connectivity index (χ0) is 21.9. The molecule has 4 nitrogen and oxygen atoms in total. The van der Waals surface area contributed by atoms with Gasteiger partial charge in [-0.05, 0) is 31.1 Å². The number of rotatable bonds is 15. The van der Waals surface area contributed by atoms with Gasteiger partial charge in [-0.25, -0.2) is 0 Å². The first-order valence-corrected chi connectivity index (χ1v) is 12.2. The van der Waals surface area contributed by atoms with E-state index < -0.39 is 22.8 Å². The van der Waals surface area contributed by atoms with Gasteiger partial charge in [0.25, 0.3) is 0 Å². The van der Waals surface area contributed by atoms with Crippen molar-refractivity contribution in [2.75, 3.05) is 0 Å². The van der Waals surface area contributed by atoms with Crippen molar-refractivity contribution in [3.05, 3.63) is 0 Å².